The van der Waals surface area contributed by atoms with E-state index in [9.17, 15) is 9.59 Å². The van der Waals surface area contributed by atoms with E-state index in [4.69, 9.17) is 0 Å². The van der Waals surface area contributed by atoms with Crippen LogP contribution in [0.3, 0.4) is 0 Å². The fourth-order valence-electron chi connectivity index (χ4n) is 0.843. The molecule has 0 N–H and O–H groups in total. The van der Waals surface area contributed by atoms with Gasteiger partial charge in [0.15, 0.2) is 5.78 Å². The third kappa shape index (κ3) is 7.19. The minimum atomic E-state index is 0.0665. The van der Waals surface area contributed by atoms with Gasteiger partial charge >= 0.3 is 0 Å². The lowest BCUT2D eigenvalue weighted by Crippen LogP contribution is -1.93. The van der Waals surface area contributed by atoms with Gasteiger partial charge in [0.25, 0.3) is 0 Å². The first-order valence-electron chi connectivity index (χ1n) is 4.35. The second-order valence-corrected chi connectivity index (χ2v) is 2.80. The van der Waals surface area contributed by atoms with Crippen LogP contribution in [0.1, 0.15) is 39.5 Å². The van der Waals surface area contributed by atoms with Crippen LogP contribution in [0, 0.1) is 0 Å². The number of hydrogen-bond acceptors (Lipinski definition) is 2. The van der Waals surface area contributed by atoms with E-state index in [1.165, 1.54) is 6.92 Å². The number of unbranched alkanes of at least 4 members (excludes halogenated alkanes) is 1. The SMILES string of the molecule is CCC(=O)CCCC=CC(C)=O. The van der Waals surface area contributed by atoms with E-state index in [0.29, 0.717) is 18.6 Å². The highest BCUT2D eigenvalue weighted by Gasteiger charge is 1.95. The van der Waals surface area contributed by atoms with E-state index in [0.717, 1.165) is 12.8 Å². The van der Waals surface area contributed by atoms with Crippen LogP contribution in [0.5, 0.6) is 0 Å². The Bertz CT molecular complexity index is 180. The van der Waals surface area contributed by atoms with Crippen molar-refractivity contribution in [2.24, 2.45) is 0 Å². The van der Waals surface area contributed by atoms with Gasteiger partial charge in [-0.25, -0.2) is 0 Å². The quantitative estimate of drug-likeness (QED) is 0.450. The lowest BCUT2D eigenvalue weighted by Gasteiger charge is -1.93. The van der Waals surface area contributed by atoms with Crippen molar-refractivity contribution in [2.75, 3.05) is 0 Å². The molecule has 0 fully saturated rings. The molecule has 0 heterocycles. The molecule has 0 amide bonds. The van der Waals surface area contributed by atoms with E-state index in [-0.39, 0.29) is 5.78 Å². The summed E-state index contributed by atoms with van der Waals surface area (Å²) in [5.41, 5.74) is 0. The Labute approximate surface area is 73.7 Å². The van der Waals surface area contributed by atoms with Crippen LogP contribution < -0.4 is 0 Å². The number of hydrogen-bond donors (Lipinski definition) is 0. The molecule has 0 bridgehead atoms. The van der Waals surface area contributed by atoms with Crippen LogP contribution in [0.15, 0.2) is 12.2 Å². The van der Waals surface area contributed by atoms with E-state index in [1.54, 1.807) is 6.08 Å². The maximum absolute atomic E-state index is 10.8. The first-order valence-corrected chi connectivity index (χ1v) is 4.35. The molecular formula is C10H16O2. The number of allylic oxidation sites excluding steroid dienone is 2. The Kier molecular flexibility index (Phi) is 6.25. The highest BCUT2D eigenvalue weighted by atomic mass is 16.1. The fraction of sp³-hybridized carbons (Fsp3) is 0.600. The van der Waals surface area contributed by atoms with Crippen LogP contribution in [-0.2, 0) is 9.59 Å². The molecule has 12 heavy (non-hydrogen) atoms. The summed E-state index contributed by atoms with van der Waals surface area (Å²) in [5, 5.41) is 0. The van der Waals surface area contributed by atoms with Gasteiger partial charge in [-0.1, -0.05) is 13.0 Å². The molecular weight excluding hydrogens is 152 g/mol. The summed E-state index contributed by atoms with van der Waals surface area (Å²) in [7, 11) is 0. The summed E-state index contributed by atoms with van der Waals surface area (Å²) in [6.45, 7) is 3.39. The monoisotopic (exact) mass is 168 g/mol. The Morgan fingerprint density at radius 1 is 1.33 bits per heavy atom. The zero-order valence-corrected chi connectivity index (χ0v) is 7.80. The fourth-order valence-corrected chi connectivity index (χ4v) is 0.843. The molecule has 0 spiro atoms. The molecule has 0 aliphatic heterocycles. The zero-order valence-electron chi connectivity index (χ0n) is 7.80. The topological polar surface area (TPSA) is 34.1 Å². The largest absolute Gasteiger partial charge is 0.300 e. The standard InChI is InChI=1S/C10H16O2/c1-3-10(12)8-6-4-5-7-9(2)11/h5,7H,3-4,6,8H2,1-2H3. The van der Waals surface area contributed by atoms with Gasteiger partial charge < -0.3 is 0 Å². The van der Waals surface area contributed by atoms with Crippen molar-refractivity contribution in [3.05, 3.63) is 12.2 Å². The lowest BCUT2D eigenvalue weighted by atomic mass is 10.1. The molecule has 68 valence electrons. The third-order valence-corrected chi connectivity index (χ3v) is 1.57. The molecule has 0 aromatic rings. The zero-order chi connectivity index (χ0) is 9.40. The normalized spacial score (nSPS) is 10.5. The van der Waals surface area contributed by atoms with Gasteiger partial charge in [-0.3, -0.25) is 9.59 Å². The summed E-state index contributed by atoms with van der Waals surface area (Å²) in [5.74, 6) is 0.364. The van der Waals surface area contributed by atoms with Crippen LogP contribution >= 0.6 is 0 Å². The molecule has 0 aliphatic rings. The number of Topliss-reactive ketones (excluding diaryl/α,β-unsaturated/α-hetero) is 1. The highest BCUT2D eigenvalue weighted by molar-refractivity contribution is 5.87. The average Bonchev–Trinajstić information content (AvgIpc) is 2.03. The summed E-state index contributed by atoms with van der Waals surface area (Å²) in [6.07, 6.45) is 6.32. The van der Waals surface area contributed by atoms with E-state index >= 15 is 0 Å². The van der Waals surface area contributed by atoms with E-state index in [2.05, 4.69) is 0 Å². The molecule has 0 atom stereocenters. The predicted octanol–water partition coefficient (Wildman–Crippen LogP) is 2.28. The van der Waals surface area contributed by atoms with Gasteiger partial charge in [-0.05, 0) is 25.8 Å². The van der Waals surface area contributed by atoms with Crippen LogP contribution in [-0.4, -0.2) is 11.6 Å². The summed E-state index contributed by atoms with van der Waals surface area (Å²) in [6, 6.07) is 0. The maximum Gasteiger partial charge on any atom is 0.152 e. The molecule has 0 aromatic carbocycles. The molecule has 0 saturated carbocycles. The summed E-state index contributed by atoms with van der Waals surface area (Å²) >= 11 is 0. The number of ketones is 2. The molecule has 0 rings (SSSR count). The van der Waals surface area contributed by atoms with Crippen molar-refractivity contribution in [3.8, 4) is 0 Å². The lowest BCUT2D eigenvalue weighted by molar-refractivity contribution is -0.118. The maximum atomic E-state index is 10.8. The van der Waals surface area contributed by atoms with E-state index < -0.39 is 0 Å². The summed E-state index contributed by atoms with van der Waals surface area (Å²) in [4.78, 5) is 21.3. The molecule has 2 nitrogen and oxygen atoms in total. The summed E-state index contributed by atoms with van der Waals surface area (Å²) < 4.78 is 0. The van der Waals surface area contributed by atoms with Crippen molar-refractivity contribution in [1.29, 1.82) is 0 Å². The van der Waals surface area contributed by atoms with Crippen molar-refractivity contribution in [2.45, 2.75) is 39.5 Å². The predicted molar refractivity (Wildman–Crippen MR) is 49.0 cm³/mol. The first kappa shape index (κ1) is 11.1. The first-order chi connectivity index (χ1) is 5.66. The number of carbonyl (C=O) groups excluding carboxylic acids is 2. The van der Waals surface area contributed by atoms with Gasteiger partial charge in [0, 0.05) is 12.8 Å². The molecule has 0 aromatic heterocycles. The average molecular weight is 168 g/mol. The Balaban J connectivity index is 3.33. The minimum absolute atomic E-state index is 0.0665. The Morgan fingerprint density at radius 3 is 2.50 bits per heavy atom. The van der Waals surface area contributed by atoms with Crippen molar-refractivity contribution in [3.63, 3.8) is 0 Å². The van der Waals surface area contributed by atoms with E-state index in [1.807, 2.05) is 13.0 Å². The Hall–Kier alpha value is -0.920. The smallest absolute Gasteiger partial charge is 0.152 e. The molecule has 2 heteroatoms. The minimum Gasteiger partial charge on any atom is -0.300 e. The second kappa shape index (κ2) is 6.77. The number of rotatable bonds is 6. The number of carbonyl (C=O) groups is 2. The van der Waals surface area contributed by atoms with Crippen LogP contribution in [0.2, 0.25) is 0 Å². The van der Waals surface area contributed by atoms with Gasteiger partial charge in [-0.2, -0.15) is 0 Å². The molecule has 0 unspecified atom stereocenters. The molecule has 0 radical (unpaired) electrons. The van der Waals surface area contributed by atoms with Crippen LogP contribution in [0.25, 0.3) is 0 Å². The van der Waals surface area contributed by atoms with Gasteiger partial charge in [0.05, 0.1) is 0 Å². The van der Waals surface area contributed by atoms with Crippen molar-refractivity contribution >= 4 is 11.6 Å². The van der Waals surface area contributed by atoms with Crippen molar-refractivity contribution < 1.29 is 9.59 Å². The molecule has 0 saturated heterocycles. The second-order valence-electron chi connectivity index (χ2n) is 2.80. The van der Waals surface area contributed by atoms with Gasteiger partial charge in [0.2, 0.25) is 0 Å². The highest BCUT2D eigenvalue weighted by Crippen LogP contribution is 1.99. The third-order valence-electron chi connectivity index (χ3n) is 1.57. The van der Waals surface area contributed by atoms with Gasteiger partial charge in [-0.15, -0.1) is 0 Å². The Morgan fingerprint density at radius 2 is 2.00 bits per heavy atom. The van der Waals surface area contributed by atoms with Crippen molar-refractivity contribution in [1.82, 2.24) is 0 Å². The molecule has 0 aliphatic carbocycles. The van der Waals surface area contributed by atoms with Crippen LogP contribution in [0.4, 0.5) is 0 Å². The van der Waals surface area contributed by atoms with Gasteiger partial charge in [0.1, 0.15) is 5.78 Å².